The zero-order valence-corrected chi connectivity index (χ0v) is 12.8. The molecule has 0 bridgehead atoms. The van der Waals surface area contributed by atoms with E-state index in [1.165, 1.54) is 70.6 Å². The maximum atomic E-state index is 5.97. The first kappa shape index (κ1) is 15.3. The van der Waals surface area contributed by atoms with E-state index in [1.54, 1.807) is 0 Å². The summed E-state index contributed by atoms with van der Waals surface area (Å²) in [5.41, 5.74) is 0. The van der Waals surface area contributed by atoms with Gasteiger partial charge in [0.25, 0.3) is 0 Å². The Morgan fingerprint density at radius 3 is 2.37 bits per heavy atom. The van der Waals surface area contributed by atoms with Crippen LogP contribution in [0.25, 0.3) is 0 Å². The van der Waals surface area contributed by atoms with E-state index in [0.29, 0.717) is 6.10 Å². The largest absolute Gasteiger partial charge is 0.378 e. The molecule has 0 aliphatic heterocycles. The summed E-state index contributed by atoms with van der Waals surface area (Å²) in [7, 11) is 0. The van der Waals surface area contributed by atoms with Crippen molar-refractivity contribution in [1.82, 2.24) is 5.32 Å². The Morgan fingerprint density at radius 1 is 0.947 bits per heavy atom. The Bertz CT molecular complexity index is 217. The molecule has 2 nitrogen and oxygen atoms in total. The predicted molar refractivity (Wildman–Crippen MR) is 81.5 cm³/mol. The monoisotopic (exact) mass is 267 g/mol. The molecule has 112 valence electrons. The molecule has 1 N–H and O–H groups in total. The lowest BCUT2D eigenvalue weighted by atomic mass is 9.84. The summed E-state index contributed by atoms with van der Waals surface area (Å²) in [6.07, 6.45) is 15.6. The zero-order chi connectivity index (χ0) is 13.3. The van der Waals surface area contributed by atoms with Crippen LogP contribution in [-0.4, -0.2) is 25.3 Å². The van der Waals surface area contributed by atoms with Crippen molar-refractivity contribution in [3.05, 3.63) is 0 Å². The molecule has 0 heterocycles. The molecule has 0 aromatic heterocycles. The summed E-state index contributed by atoms with van der Waals surface area (Å²) in [6.45, 7) is 4.44. The van der Waals surface area contributed by atoms with Gasteiger partial charge >= 0.3 is 0 Å². The van der Waals surface area contributed by atoms with Crippen LogP contribution in [-0.2, 0) is 4.74 Å². The minimum atomic E-state index is 0.578. The van der Waals surface area contributed by atoms with Crippen molar-refractivity contribution < 1.29 is 4.74 Å². The number of nitrogens with one attached hydrogen (secondary N) is 1. The maximum Gasteiger partial charge on any atom is 0.0575 e. The van der Waals surface area contributed by atoms with Crippen molar-refractivity contribution in [1.29, 1.82) is 0 Å². The molecule has 0 amide bonds. The highest BCUT2D eigenvalue weighted by Gasteiger charge is 2.19. The molecule has 2 saturated carbocycles. The van der Waals surface area contributed by atoms with Gasteiger partial charge in [0.15, 0.2) is 0 Å². The van der Waals surface area contributed by atoms with E-state index in [0.717, 1.165) is 25.1 Å². The fourth-order valence-electron chi connectivity index (χ4n) is 3.63. The maximum absolute atomic E-state index is 5.97. The Kier molecular flexibility index (Phi) is 7.23. The number of hydrogen-bond acceptors (Lipinski definition) is 2. The fraction of sp³-hybridized carbons (Fsp3) is 1.00. The molecule has 0 unspecified atom stereocenters. The first-order chi connectivity index (χ1) is 9.38. The van der Waals surface area contributed by atoms with Crippen LogP contribution in [0.2, 0.25) is 0 Å². The van der Waals surface area contributed by atoms with Gasteiger partial charge in [0.1, 0.15) is 0 Å². The lowest BCUT2D eigenvalue weighted by molar-refractivity contribution is 0.0269. The van der Waals surface area contributed by atoms with Crippen LogP contribution in [0.15, 0.2) is 0 Å². The normalized spacial score (nSPS) is 29.5. The third-order valence-electron chi connectivity index (χ3n) is 5.08. The third-order valence-corrected chi connectivity index (χ3v) is 5.08. The van der Waals surface area contributed by atoms with Gasteiger partial charge in [-0.1, -0.05) is 32.6 Å². The van der Waals surface area contributed by atoms with E-state index in [1.807, 2.05) is 0 Å². The molecule has 0 aromatic rings. The van der Waals surface area contributed by atoms with Gasteiger partial charge < -0.3 is 10.1 Å². The molecular formula is C17H33NO. The van der Waals surface area contributed by atoms with Gasteiger partial charge in [-0.3, -0.25) is 0 Å². The molecule has 2 heteroatoms. The van der Waals surface area contributed by atoms with Crippen LogP contribution in [0.1, 0.15) is 77.6 Å². The summed E-state index contributed by atoms with van der Waals surface area (Å²) in [5, 5.41) is 3.72. The van der Waals surface area contributed by atoms with Crippen molar-refractivity contribution in [3.63, 3.8) is 0 Å². The molecule has 0 atom stereocenters. The highest BCUT2D eigenvalue weighted by molar-refractivity contribution is 4.76. The Morgan fingerprint density at radius 2 is 1.68 bits per heavy atom. The van der Waals surface area contributed by atoms with Crippen LogP contribution < -0.4 is 5.32 Å². The van der Waals surface area contributed by atoms with Crippen LogP contribution in [0.3, 0.4) is 0 Å². The van der Waals surface area contributed by atoms with Gasteiger partial charge in [-0.2, -0.15) is 0 Å². The molecule has 19 heavy (non-hydrogen) atoms. The van der Waals surface area contributed by atoms with Gasteiger partial charge in [0.2, 0.25) is 0 Å². The standard InChI is InChI=1S/C17H33NO/c1-2-15-9-11-16(12-10-15)18-13-6-14-19-17-7-4-3-5-8-17/h15-18H,2-14H2,1H3. The Hall–Kier alpha value is -0.0800. The molecule has 2 fully saturated rings. The summed E-state index contributed by atoms with van der Waals surface area (Å²) in [6, 6.07) is 0.789. The Balaban J connectivity index is 1.43. The van der Waals surface area contributed by atoms with Crippen molar-refractivity contribution in [2.24, 2.45) is 5.92 Å². The highest BCUT2D eigenvalue weighted by Crippen LogP contribution is 2.26. The average molecular weight is 267 g/mol. The molecule has 0 saturated heterocycles. The zero-order valence-electron chi connectivity index (χ0n) is 12.8. The number of hydrogen-bond donors (Lipinski definition) is 1. The minimum Gasteiger partial charge on any atom is -0.378 e. The van der Waals surface area contributed by atoms with E-state index >= 15 is 0 Å². The minimum absolute atomic E-state index is 0.578. The van der Waals surface area contributed by atoms with Crippen molar-refractivity contribution in [3.8, 4) is 0 Å². The molecule has 0 aromatic carbocycles. The SMILES string of the molecule is CCC1CCC(NCCCOC2CCCCC2)CC1. The summed E-state index contributed by atoms with van der Waals surface area (Å²) in [4.78, 5) is 0. The van der Waals surface area contributed by atoms with Crippen LogP contribution in [0.4, 0.5) is 0 Å². The number of ether oxygens (including phenoxy) is 1. The second kappa shape index (κ2) is 8.97. The number of rotatable bonds is 7. The van der Waals surface area contributed by atoms with Gasteiger partial charge in [-0.15, -0.1) is 0 Å². The van der Waals surface area contributed by atoms with E-state index in [-0.39, 0.29) is 0 Å². The highest BCUT2D eigenvalue weighted by atomic mass is 16.5. The smallest absolute Gasteiger partial charge is 0.0575 e. The first-order valence-electron chi connectivity index (χ1n) is 8.73. The predicted octanol–water partition coefficient (Wildman–Crippen LogP) is 4.28. The molecule has 0 spiro atoms. The quantitative estimate of drug-likeness (QED) is 0.695. The van der Waals surface area contributed by atoms with Crippen molar-refractivity contribution in [2.45, 2.75) is 89.7 Å². The molecule has 2 aliphatic rings. The molecule has 2 aliphatic carbocycles. The fourth-order valence-corrected chi connectivity index (χ4v) is 3.63. The average Bonchev–Trinajstić information content (AvgIpc) is 2.49. The molecule has 0 radical (unpaired) electrons. The lowest BCUT2D eigenvalue weighted by Crippen LogP contribution is -2.34. The Labute approximate surface area is 119 Å². The van der Waals surface area contributed by atoms with Crippen LogP contribution in [0, 0.1) is 5.92 Å². The van der Waals surface area contributed by atoms with E-state index in [9.17, 15) is 0 Å². The van der Waals surface area contributed by atoms with Gasteiger partial charge in [-0.05, 0) is 57.4 Å². The van der Waals surface area contributed by atoms with Gasteiger partial charge in [0.05, 0.1) is 6.10 Å². The molecular weight excluding hydrogens is 234 g/mol. The second-order valence-corrected chi connectivity index (χ2v) is 6.56. The van der Waals surface area contributed by atoms with Gasteiger partial charge in [-0.25, -0.2) is 0 Å². The first-order valence-corrected chi connectivity index (χ1v) is 8.73. The summed E-state index contributed by atoms with van der Waals surface area (Å²) >= 11 is 0. The van der Waals surface area contributed by atoms with E-state index in [4.69, 9.17) is 4.74 Å². The van der Waals surface area contributed by atoms with Crippen molar-refractivity contribution in [2.75, 3.05) is 13.2 Å². The molecule has 2 rings (SSSR count). The second-order valence-electron chi connectivity index (χ2n) is 6.56. The third kappa shape index (κ3) is 5.83. The van der Waals surface area contributed by atoms with Gasteiger partial charge in [0, 0.05) is 12.6 Å². The van der Waals surface area contributed by atoms with Crippen LogP contribution >= 0.6 is 0 Å². The van der Waals surface area contributed by atoms with E-state index in [2.05, 4.69) is 12.2 Å². The van der Waals surface area contributed by atoms with E-state index < -0.39 is 0 Å². The lowest BCUT2D eigenvalue weighted by Gasteiger charge is -2.28. The summed E-state index contributed by atoms with van der Waals surface area (Å²) < 4.78 is 5.97. The topological polar surface area (TPSA) is 21.3 Å². The van der Waals surface area contributed by atoms with Crippen LogP contribution in [0.5, 0.6) is 0 Å². The summed E-state index contributed by atoms with van der Waals surface area (Å²) in [5.74, 6) is 1.01. The van der Waals surface area contributed by atoms with Crippen molar-refractivity contribution >= 4 is 0 Å².